The second kappa shape index (κ2) is 8.30. The minimum Gasteiger partial charge on any atom is -0.365 e. The summed E-state index contributed by atoms with van der Waals surface area (Å²) in [6.07, 6.45) is 4.56. The van der Waals surface area contributed by atoms with E-state index in [0.717, 1.165) is 42.5 Å². The molecule has 3 rings (SSSR count). The number of aryl methyl sites for hydroxylation is 1. The first-order valence-corrected chi connectivity index (χ1v) is 10.7. The van der Waals surface area contributed by atoms with Gasteiger partial charge in [0.15, 0.2) is 5.16 Å². The number of anilines is 1. The molecule has 4 N–H and O–H groups in total. The van der Waals surface area contributed by atoms with E-state index in [-0.39, 0.29) is 11.6 Å². The lowest BCUT2D eigenvalue weighted by atomic mass is 10.1. The van der Waals surface area contributed by atoms with E-state index in [9.17, 15) is 14.4 Å². The lowest BCUT2D eigenvalue weighted by Crippen LogP contribution is -2.25. The number of aromatic nitrogens is 3. The van der Waals surface area contributed by atoms with E-state index in [1.165, 1.54) is 23.1 Å². The van der Waals surface area contributed by atoms with Gasteiger partial charge >= 0.3 is 5.69 Å². The Morgan fingerprint density at radius 2 is 2.22 bits per heavy atom. The summed E-state index contributed by atoms with van der Waals surface area (Å²) >= 11 is 2.64. The molecule has 0 aliphatic heterocycles. The third-order valence-corrected chi connectivity index (χ3v) is 6.81. The third-order valence-electron chi connectivity index (χ3n) is 4.51. The van der Waals surface area contributed by atoms with Crippen LogP contribution in [0.4, 0.5) is 5.00 Å². The second-order valence-electron chi connectivity index (χ2n) is 6.49. The molecule has 146 valence electrons. The molecule has 0 spiro atoms. The molecule has 2 aromatic rings. The molecule has 0 saturated carbocycles. The van der Waals surface area contributed by atoms with Crippen molar-refractivity contribution < 1.29 is 9.59 Å². The van der Waals surface area contributed by atoms with E-state index < -0.39 is 11.2 Å². The average Bonchev–Trinajstić information content (AvgIpc) is 3.28. The van der Waals surface area contributed by atoms with Crippen LogP contribution in [0.2, 0.25) is 0 Å². The topological polar surface area (TPSA) is 123 Å². The van der Waals surface area contributed by atoms with Crippen molar-refractivity contribution in [2.45, 2.75) is 62.9 Å². The predicted octanol–water partition coefficient (Wildman–Crippen LogP) is 2.14. The number of rotatable bonds is 8. The Morgan fingerprint density at radius 1 is 1.44 bits per heavy atom. The molecule has 1 aliphatic rings. The Balaban J connectivity index is 1.73. The average molecular weight is 410 g/mol. The summed E-state index contributed by atoms with van der Waals surface area (Å²) in [5.74, 6) is -0.759. The summed E-state index contributed by atoms with van der Waals surface area (Å²) in [4.78, 5) is 37.5. The van der Waals surface area contributed by atoms with Gasteiger partial charge in [-0.3, -0.25) is 14.2 Å². The number of primary amides is 1. The van der Waals surface area contributed by atoms with E-state index in [1.807, 2.05) is 6.92 Å². The summed E-state index contributed by atoms with van der Waals surface area (Å²) < 4.78 is 1.55. The van der Waals surface area contributed by atoms with Gasteiger partial charge in [0.1, 0.15) is 5.00 Å². The molecule has 0 saturated heterocycles. The van der Waals surface area contributed by atoms with Gasteiger partial charge in [-0.1, -0.05) is 25.1 Å². The fraction of sp³-hybridized carbons (Fsp3) is 0.529. The summed E-state index contributed by atoms with van der Waals surface area (Å²) in [6, 6.07) is 0. The number of carbonyl (C=O) groups is 2. The number of fused-ring (bicyclic) bond motifs is 1. The fourth-order valence-corrected chi connectivity index (χ4v) is 5.26. The SMILES string of the molecule is CCCCn1c(S[C@H](C)C(=O)Nc2sc3c(c2C(N)=O)CCC3)n[nH]c1=O. The maximum absolute atomic E-state index is 12.6. The van der Waals surface area contributed by atoms with Crippen LogP contribution in [-0.2, 0) is 24.2 Å². The number of unbranched alkanes of at least 4 members (excludes halogenated alkanes) is 1. The normalized spacial score (nSPS) is 14.1. The van der Waals surface area contributed by atoms with E-state index in [2.05, 4.69) is 15.5 Å². The maximum Gasteiger partial charge on any atom is 0.343 e. The zero-order valence-corrected chi connectivity index (χ0v) is 17.0. The molecule has 0 fully saturated rings. The molecule has 1 atom stereocenters. The number of thioether (sulfide) groups is 1. The summed E-state index contributed by atoms with van der Waals surface area (Å²) in [5, 5.41) is 9.82. The van der Waals surface area contributed by atoms with Crippen molar-refractivity contribution in [2.75, 3.05) is 5.32 Å². The van der Waals surface area contributed by atoms with Crippen molar-refractivity contribution in [2.24, 2.45) is 5.73 Å². The quantitative estimate of drug-likeness (QED) is 0.577. The third kappa shape index (κ3) is 4.11. The molecule has 1 aliphatic carbocycles. The van der Waals surface area contributed by atoms with Gasteiger partial charge in [0.05, 0.1) is 10.8 Å². The number of hydrogen-bond acceptors (Lipinski definition) is 6. The number of nitrogens with zero attached hydrogens (tertiary/aromatic N) is 2. The van der Waals surface area contributed by atoms with Gasteiger partial charge in [0, 0.05) is 11.4 Å². The van der Waals surface area contributed by atoms with Crippen LogP contribution in [0.25, 0.3) is 0 Å². The van der Waals surface area contributed by atoms with Gasteiger partial charge in [-0.25, -0.2) is 9.89 Å². The van der Waals surface area contributed by atoms with Crippen molar-refractivity contribution in [3.8, 4) is 0 Å². The number of carbonyl (C=O) groups excluding carboxylic acids is 2. The van der Waals surface area contributed by atoms with E-state index in [1.54, 1.807) is 11.5 Å². The van der Waals surface area contributed by atoms with Crippen LogP contribution >= 0.6 is 23.1 Å². The summed E-state index contributed by atoms with van der Waals surface area (Å²) in [5.41, 5.74) is 6.68. The number of amides is 2. The maximum atomic E-state index is 12.6. The highest BCUT2D eigenvalue weighted by Crippen LogP contribution is 2.39. The zero-order valence-electron chi connectivity index (χ0n) is 15.3. The standard InChI is InChI=1S/C17H23N5O3S2/c1-3-4-8-22-16(25)20-21-17(22)26-9(2)14(24)19-15-12(13(18)23)10-6-5-7-11(10)27-15/h9H,3-8H2,1-2H3,(H2,18,23)(H,19,24)(H,20,25)/t9-/m1/s1. The first-order chi connectivity index (χ1) is 12.9. The largest absolute Gasteiger partial charge is 0.365 e. The van der Waals surface area contributed by atoms with Crippen LogP contribution in [0.3, 0.4) is 0 Å². The minimum atomic E-state index is -0.509. The molecule has 2 heterocycles. The number of H-pyrrole nitrogens is 1. The Bertz CT molecular complexity index is 914. The predicted molar refractivity (Wildman–Crippen MR) is 107 cm³/mol. The van der Waals surface area contributed by atoms with Gasteiger partial charge in [-0.05, 0) is 38.2 Å². The molecule has 0 unspecified atom stereocenters. The van der Waals surface area contributed by atoms with Crippen LogP contribution < -0.4 is 16.7 Å². The van der Waals surface area contributed by atoms with Crippen LogP contribution in [0.1, 0.15) is 53.9 Å². The summed E-state index contributed by atoms with van der Waals surface area (Å²) in [7, 11) is 0. The number of hydrogen-bond donors (Lipinski definition) is 3. The molecular formula is C17H23N5O3S2. The molecule has 0 radical (unpaired) electrons. The second-order valence-corrected chi connectivity index (χ2v) is 8.90. The van der Waals surface area contributed by atoms with Crippen molar-refractivity contribution in [1.82, 2.24) is 14.8 Å². The molecular weight excluding hydrogens is 386 g/mol. The zero-order chi connectivity index (χ0) is 19.6. The lowest BCUT2D eigenvalue weighted by Gasteiger charge is -2.12. The van der Waals surface area contributed by atoms with Crippen molar-refractivity contribution in [3.63, 3.8) is 0 Å². The number of aromatic amines is 1. The van der Waals surface area contributed by atoms with E-state index in [4.69, 9.17) is 5.73 Å². The van der Waals surface area contributed by atoms with Crippen LogP contribution in [0.15, 0.2) is 9.95 Å². The van der Waals surface area contributed by atoms with Crippen LogP contribution in [-0.4, -0.2) is 31.8 Å². The number of nitrogens with one attached hydrogen (secondary N) is 2. The highest BCUT2D eigenvalue weighted by Gasteiger charge is 2.27. The molecule has 2 amide bonds. The molecule has 0 bridgehead atoms. The molecule has 2 aromatic heterocycles. The Labute approximate surface area is 164 Å². The van der Waals surface area contributed by atoms with Crippen LogP contribution in [0, 0.1) is 0 Å². The molecule has 0 aromatic carbocycles. The van der Waals surface area contributed by atoms with Crippen molar-refractivity contribution >= 4 is 39.9 Å². The van der Waals surface area contributed by atoms with Gasteiger partial charge in [0.2, 0.25) is 5.91 Å². The van der Waals surface area contributed by atoms with Gasteiger partial charge in [-0.15, -0.1) is 16.4 Å². The first kappa shape index (κ1) is 19.7. The van der Waals surface area contributed by atoms with Gasteiger partial charge in [-0.2, -0.15) is 0 Å². The number of nitrogens with two attached hydrogens (primary N) is 1. The number of thiophene rings is 1. The molecule has 8 nitrogen and oxygen atoms in total. The van der Waals surface area contributed by atoms with Crippen LogP contribution in [0.5, 0.6) is 0 Å². The Morgan fingerprint density at radius 3 is 2.93 bits per heavy atom. The summed E-state index contributed by atoms with van der Waals surface area (Å²) in [6.45, 7) is 4.35. The lowest BCUT2D eigenvalue weighted by molar-refractivity contribution is -0.115. The van der Waals surface area contributed by atoms with Gasteiger partial charge < -0.3 is 11.1 Å². The Hall–Kier alpha value is -2.07. The monoisotopic (exact) mass is 409 g/mol. The van der Waals surface area contributed by atoms with Gasteiger partial charge in [0.25, 0.3) is 5.91 Å². The first-order valence-electron chi connectivity index (χ1n) is 8.99. The smallest absolute Gasteiger partial charge is 0.343 e. The minimum absolute atomic E-state index is 0.250. The van der Waals surface area contributed by atoms with E-state index in [0.29, 0.717) is 22.3 Å². The highest BCUT2D eigenvalue weighted by molar-refractivity contribution is 8.00. The fourth-order valence-electron chi connectivity index (χ4n) is 3.08. The van der Waals surface area contributed by atoms with Crippen molar-refractivity contribution in [3.05, 3.63) is 26.5 Å². The molecule has 27 heavy (non-hydrogen) atoms. The highest BCUT2D eigenvalue weighted by atomic mass is 32.2. The Kier molecular flexibility index (Phi) is 6.05. The van der Waals surface area contributed by atoms with E-state index >= 15 is 0 Å². The molecule has 10 heteroatoms. The van der Waals surface area contributed by atoms with Crippen molar-refractivity contribution in [1.29, 1.82) is 0 Å².